The molecule has 1 aromatic heterocycles. The van der Waals surface area contributed by atoms with Gasteiger partial charge in [-0.1, -0.05) is 12.1 Å². The number of aryl methyl sites for hydroxylation is 1. The highest BCUT2D eigenvalue weighted by Gasteiger charge is 2.32. The second kappa shape index (κ2) is 3.55. The highest BCUT2D eigenvalue weighted by Crippen LogP contribution is 2.32. The second-order valence-electron chi connectivity index (χ2n) is 4.67. The molecular weight excluding hydrogens is 214 g/mol. The van der Waals surface area contributed by atoms with Gasteiger partial charge in [-0.2, -0.15) is 0 Å². The summed E-state index contributed by atoms with van der Waals surface area (Å²) in [4.78, 5) is 27.2. The highest BCUT2D eigenvalue weighted by molar-refractivity contribution is 6.01. The Morgan fingerprint density at radius 2 is 2.12 bits per heavy atom. The summed E-state index contributed by atoms with van der Waals surface area (Å²) >= 11 is 0. The lowest BCUT2D eigenvalue weighted by atomic mass is 10.0. The largest absolute Gasteiger partial charge is 0.360 e. The van der Waals surface area contributed by atoms with E-state index in [0.29, 0.717) is 10.9 Å². The quantitative estimate of drug-likeness (QED) is 0.801. The third-order valence-electron chi connectivity index (χ3n) is 3.34. The number of Topliss-reactive ketones (excluding diaryl/α,β-unsaturated/α-hetero) is 1. The smallest absolute Gasteiger partial charge is 0.200 e. The summed E-state index contributed by atoms with van der Waals surface area (Å²) in [5.41, 5.74) is 2.01. The van der Waals surface area contributed by atoms with Crippen molar-refractivity contribution in [1.29, 1.82) is 0 Å². The van der Waals surface area contributed by atoms with Crippen molar-refractivity contribution in [2.45, 2.75) is 19.8 Å². The number of rotatable bonds is 2. The number of pyridine rings is 1. The summed E-state index contributed by atoms with van der Waals surface area (Å²) < 4.78 is 0. The van der Waals surface area contributed by atoms with E-state index in [4.69, 9.17) is 0 Å². The molecule has 2 aromatic rings. The van der Waals surface area contributed by atoms with Crippen LogP contribution in [-0.4, -0.2) is 10.8 Å². The van der Waals surface area contributed by atoms with Gasteiger partial charge in [0.2, 0.25) is 0 Å². The van der Waals surface area contributed by atoms with Crippen molar-refractivity contribution < 1.29 is 4.79 Å². The van der Waals surface area contributed by atoms with E-state index in [2.05, 4.69) is 4.98 Å². The maximum atomic E-state index is 12.2. The number of ketones is 1. The summed E-state index contributed by atoms with van der Waals surface area (Å²) in [6, 6.07) is 5.56. The Labute approximate surface area is 98.5 Å². The number of para-hydroxylation sites is 1. The number of carbonyl (C=O) groups excluding carboxylic acids is 1. The van der Waals surface area contributed by atoms with Gasteiger partial charge in [-0.3, -0.25) is 9.59 Å². The molecule has 17 heavy (non-hydrogen) atoms. The lowest BCUT2D eigenvalue weighted by Gasteiger charge is -2.04. The third-order valence-corrected chi connectivity index (χ3v) is 3.34. The molecule has 0 unspecified atom stereocenters. The van der Waals surface area contributed by atoms with Crippen LogP contribution in [0.4, 0.5) is 0 Å². The van der Waals surface area contributed by atoms with Crippen molar-refractivity contribution in [3.63, 3.8) is 0 Å². The predicted molar refractivity (Wildman–Crippen MR) is 66.4 cm³/mol. The lowest BCUT2D eigenvalue weighted by Crippen LogP contribution is -2.17. The van der Waals surface area contributed by atoms with Crippen molar-refractivity contribution in [2.24, 2.45) is 5.92 Å². The van der Waals surface area contributed by atoms with Crippen molar-refractivity contribution in [3.05, 3.63) is 45.7 Å². The van der Waals surface area contributed by atoms with Crippen LogP contribution in [0.5, 0.6) is 0 Å². The van der Waals surface area contributed by atoms with E-state index >= 15 is 0 Å². The summed E-state index contributed by atoms with van der Waals surface area (Å²) in [5.74, 6) is 0.0769. The Kier molecular flexibility index (Phi) is 2.15. The summed E-state index contributed by atoms with van der Waals surface area (Å²) in [7, 11) is 0. The molecule has 1 N–H and O–H groups in total. The van der Waals surface area contributed by atoms with E-state index in [1.165, 1.54) is 0 Å². The molecule has 0 radical (unpaired) electrons. The fraction of sp³-hybridized carbons (Fsp3) is 0.286. The molecular formula is C14H13NO2. The van der Waals surface area contributed by atoms with Gasteiger partial charge < -0.3 is 4.98 Å². The standard InChI is InChI=1S/C14H13NO2/c1-8-3-2-4-10-12(8)15-7-11(14(10)17)13(16)9-5-6-9/h2-4,7,9H,5-6H2,1H3,(H,15,17). The van der Waals surface area contributed by atoms with Crippen LogP contribution in [0.15, 0.2) is 29.2 Å². The topological polar surface area (TPSA) is 49.9 Å². The first-order valence-electron chi connectivity index (χ1n) is 5.83. The molecule has 0 saturated heterocycles. The average molecular weight is 227 g/mol. The van der Waals surface area contributed by atoms with Gasteiger partial charge in [0.25, 0.3) is 0 Å². The zero-order valence-corrected chi connectivity index (χ0v) is 9.62. The Balaban J connectivity index is 2.26. The minimum absolute atomic E-state index is 0.00495. The van der Waals surface area contributed by atoms with Gasteiger partial charge in [-0.25, -0.2) is 0 Å². The number of hydrogen-bond acceptors (Lipinski definition) is 2. The zero-order valence-electron chi connectivity index (χ0n) is 9.62. The Morgan fingerprint density at radius 1 is 1.35 bits per heavy atom. The number of aromatic nitrogens is 1. The van der Waals surface area contributed by atoms with E-state index in [1.807, 2.05) is 19.1 Å². The van der Waals surface area contributed by atoms with Crippen molar-refractivity contribution >= 4 is 16.7 Å². The van der Waals surface area contributed by atoms with E-state index in [-0.39, 0.29) is 17.1 Å². The molecule has 0 amide bonds. The van der Waals surface area contributed by atoms with E-state index < -0.39 is 0 Å². The van der Waals surface area contributed by atoms with Crippen LogP contribution in [-0.2, 0) is 0 Å². The number of aromatic amines is 1. The molecule has 1 aliphatic rings. The molecule has 0 bridgehead atoms. The van der Waals surface area contributed by atoms with Crippen LogP contribution in [0.3, 0.4) is 0 Å². The van der Waals surface area contributed by atoms with Crippen LogP contribution in [0.1, 0.15) is 28.8 Å². The first-order chi connectivity index (χ1) is 8.18. The molecule has 86 valence electrons. The second-order valence-corrected chi connectivity index (χ2v) is 4.67. The molecule has 1 aliphatic carbocycles. The molecule has 0 spiro atoms. The minimum Gasteiger partial charge on any atom is -0.360 e. The van der Waals surface area contributed by atoms with Crippen molar-refractivity contribution in [1.82, 2.24) is 4.98 Å². The summed E-state index contributed by atoms with van der Waals surface area (Å²) in [5, 5.41) is 0.608. The van der Waals surface area contributed by atoms with E-state index in [1.54, 1.807) is 12.3 Å². The van der Waals surface area contributed by atoms with Gasteiger partial charge in [0.15, 0.2) is 11.2 Å². The minimum atomic E-state index is -0.139. The van der Waals surface area contributed by atoms with Crippen molar-refractivity contribution in [3.8, 4) is 0 Å². The van der Waals surface area contributed by atoms with Gasteiger partial charge in [0, 0.05) is 17.5 Å². The SMILES string of the molecule is Cc1cccc2c(=O)c(C(=O)C3CC3)c[nH]c12. The molecule has 0 atom stereocenters. The van der Waals surface area contributed by atoms with Crippen LogP contribution in [0, 0.1) is 12.8 Å². The molecule has 0 aliphatic heterocycles. The van der Waals surface area contributed by atoms with Gasteiger partial charge >= 0.3 is 0 Å². The van der Waals surface area contributed by atoms with Gasteiger partial charge in [-0.05, 0) is 31.4 Å². The summed E-state index contributed by atoms with van der Waals surface area (Å²) in [6.07, 6.45) is 3.41. The zero-order chi connectivity index (χ0) is 12.0. The number of benzene rings is 1. The Bertz CT molecular complexity index is 665. The summed E-state index contributed by atoms with van der Waals surface area (Å²) in [6.45, 7) is 1.95. The maximum Gasteiger partial charge on any atom is 0.200 e. The van der Waals surface area contributed by atoms with E-state index in [0.717, 1.165) is 23.9 Å². The fourth-order valence-electron chi connectivity index (χ4n) is 2.15. The number of H-pyrrole nitrogens is 1. The molecule has 3 rings (SSSR count). The first kappa shape index (κ1) is 10.3. The average Bonchev–Trinajstić information content (AvgIpc) is 3.14. The van der Waals surface area contributed by atoms with Crippen LogP contribution >= 0.6 is 0 Å². The number of fused-ring (bicyclic) bond motifs is 1. The molecule has 1 saturated carbocycles. The number of nitrogens with one attached hydrogen (secondary N) is 1. The predicted octanol–water partition coefficient (Wildman–Crippen LogP) is 2.43. The fourth-order valence-corrected chi connectivity index (χ4v) is 2.15. The van der Waals surface area contributed by atoms with Crippen molar-refractivity contribution in [2.75, 3.05) is 0 Å². The molecule has 3 nitrogen and oxygen atoms in total. The van der Waals surface area contributed by atoms with Gasteiger partial charge in [0.05, 0.1) is 11.1 Å². The molecule has 1 aromatic carbocycles. The third kappa shape index (κ3) is 1.58. The lowest BCUT2D eigenvalue weighted by molar-refractivity contribution is 0.0966. The monoisotopic (exact) mass is 227 g/mol. The maximum absolute atomic E-state index is 12.2. The van der Waals surface area contributed by atoms with Gasteiger partial charge in [0.1, 0.15) is 0 Å². The number of carbonyl (C=O) groups is 1. The van der Waals surface area contributed by atoms with Gasteiger partial charge in [-0.15, -0.1) is 0 Å². The van der Waals surface area contributed by atoms with Crippen LogP contribution in [0.2, 0.25) is 0 Å². The molecule has 3 heteroatoms. The van der Waals surface area contributed by atoms with Crippen LogP contribution < -0.4 is 5.43 Å². The normalized spacial score (nSPS) is 15.1. The Hall–Kier alpha value is -1.90. The van der Waals surface area contributed by atoms with E-state index in [9.17, 15) is 9.59 Å². The highest BCUT2D eigenvalue weighted by atomic mass is 16.1. The molecule has 1 heterocycles. The number of hydrogen-bond donors (Lipinski definition) is 1. The van der Waals surface area contributed by atoms with Crippen LogP contribution in [0.25, 0.3) is 10.9 Å². The first-order valence-corrected chi connectivity index (χ1v) is 5.83. The Morgan fingerprint density at radius 3 is 2.82 bits per heavy atom. The molecule has 1 fully saturated rings.